The van der Waals surface area contributed by atoms with Crippen LogP contribution in [0.5, 0.6) is 0 Å². The van der Waals surface area contributed by atoms with Crippen molar-refractivity contribution < 1.29 is 4.79 Å². The van der Waals surface area contributed by atoms with Crippen LogP contribution in [0.15, 0.2) is 36.7 Å². The van der Waals surface area contributed by atoms with Gasteiger partial charge in [-0.1, -0.05) is 18.2 Å². The number of rotatable bonds is 4. The van der Waals surface area contributed by atoms with E-state index in [0.717, 1.165) is 43.1 Å². The average molecular weight is 313 g/mol. The van der Waals surface area contributed by atoms with Crippen LogP contribution in [0.3, 0.4) is 0 Å². The minimum Gasteiger partial charge on any atom is -0.399 e. The van der Waals surface area contributed by atoms with Crippen LogP contribution >= 0.6 is 0 Å². The van der Waals surface area contributed by atoms with E-state index in [0.29, 0.717) is 12.8 Å². The molecule has 1 fully saturated rings. The van der Waals surface area contributed by atoms with E-state index in [-0.39, 0.29) is 5.91 Å². The number of para-hydroxylation sites is 1. The van der Waals surface area contributed by atoms with Gasteiger partial charge in [0.15, 0.2) is 0 Å². The van der Waals surface area contributed by atoms with Gasteiger partial charge in [-0.25, -0.2) is 0 Å². The molecule has 1 aromatic heterocycles. The number of hydrogen-bond acceptors (Lipinski definition) is 4. The average Bonchev–Trinajstić information content (AvgIpc) is 3.00. The van der Waals surface area contributed by atoms with E-state index in [2.05, 4.69) is 10.00 Å². The highest BCUT2D eigenvalue weighted by Gasteiger charge is 2.21. The molecule has 0 spiro atoms. The maximum Gasteiger partial charge on any atom is 0.223 e. The first kappa shape index (κ1) is 15.4. The van der Waals surface area contributed by atoms with Crippen molar-refractivity contribution in [3.8, 4) is 0 Å². The Morgan fingerprint density at radius 3 is 2.61 bits per heavy atom. The summed E-state index contributed by atoms with van der Waals surface area (Å²) >= 11 is 0. The quantitative estimate of drug-likeness (QED) is 0.864. The molecule has 0 radical (unpaired) electrons. The predicted molar refractivity (Wildman–Crippen MR) is 91.2 cm³/mol. The van der Waals surface area contributed by atoms with Gasteiger partial charge in [0.25, 0.3) is 0 Å². The third-order valence-corrected chi connectivity index (χ3v) is 4.35. The minimum absolute atomic E-state index is 0.207. The van der Waals surface area contributed by atoms with Gasteiger partial charge in [-0.15, -0.1) is 0 Å². The second-order valence-corrected chi connectivity index (χ2v) is 5.94. The maximum absolute atomic E-state index is 12.4. The van der Waals surface area contributed by atoms with Crippen molar-refractivity contribution in [1.29, 1.82) is 0 Å². The monoisotopic (exact) mass is 313 g/mol. The number of carbonyl (C=O) groups excluding carboxylic acids is 1. The third-order valence-electron chi connectivity index (χ3n) is 4.35. The lowest BCUT2D eigenvalue weighted by molar-refractivity contribution is -0.131. The molecule has 1 aromatic carbocycles. The summed E-state index contributed by atoms with van der Waals surface area (Å²) in [6.45, 7) is 3.23. The van der Waals surface area contributed by atoms with E-state index < -0.39 is 0 Å². The van der Waals surface area contributed by atoms with Crippen molar-refractivity contribution in [1.82, 2.24) is 14.7 Å². The zero-order valence-electron chi connectivity index (χ0n) is 13.5. The van der Waals surface area contributed by atoms with Crippen LogP contribution in [0.25, 0.3) is 0 Å². The largest absolute Gasteiger partial charge is 0.399 e. The van der Waals surface area contributed by atoms with Crippen molar-refractivity contribution in [2.75, 3.05) is 36.8 Å². The van der Waals surface area contributed by atoms with Crippen LogP contribution in [0.2, 0.25) is 0 Å². The molecule has 122 valence electrons. The van der Waals surface area contributed by atoms with Crippen molar-refractivity contribution in [2.24, 2.45) is 7.05 Å². The number of benzene rings is 1. The van der Waals surface area contributed by atoms with Crippen molar-refractivity contribution >= 4 is 17.3 Å². The number of nitrogen functional groups attached to an aromatic ring is 1. The Kier molecular flexibility index (Phi) is 4.50. The third kappa shape index (κ3) is 3.64. The minimum atomic E-state index is 0.207. The molecule has 0 saturated carbocycles. The van der Waals surface area contributed by atoms with E-state index in [1.165, 1.54) is 0 Å². The van der Waals surface area contributed by atoms with Crippen LogP contribution < -0.4 is 10.6 Å². The summed E-state index contributed by atoms with van der Waals surface area (Å²) < 4.78 is 1.80. The van der Waals surface area contributed by atoms with Gasteiger partial charge < -0.3 is 15.5 Å². The standard InChI is InChI=1S/C17H23N5O/c1-20-13-15(12-19-20)21-8-10-22(11-9-21)17(23)7-6-14-4-2-3-5-16(14)18/h2-5,12-13H,6-11,18H2,1H3. The molecule has 1 amide bonds. The molecule has 1 aliphatic rings. The van der Waals surface area contributed by atoms with Gasteiger partial charge in [-0.05, 0) is 18.1 Å². The smallest absolute Gasteiger partial charge is 0.223 e. The van der Waals surface area contributed by atoms with Crippen molar-refractivity contribution in [3.05, 3.63) is 42.2 Å². The molecule has 2 heterocycles. The Morgan fingerprint density at radius 1 is 1.22 bits per heavy atom. The van der Waals surface area contributed by atoms with Gasteiger partial charge in [0.05, 0.1) is 11.9 Å². The van der Waals surface area contributed by atoms with Gasteiger partial charge in [-0.3, -0.25) is 9.48 Å². The molecule has 6 heteroatoms. The number of aromatic nitrogens is 2. The molecule has 2 aromatic rings. The second kappa shape index (κ2) is 6.73. The molecule has 1 aliphatic heterocycles. The normalized spacial score (nSPS) is 15.0. The molecular weight excluding hydrogens is 290 g/mol. The highest BCUT2D eigenvalue weighted by molar-refractivity contribution is 5.77. The first-order chi connectivity index (χ1) is 11.1. The van der Waals surface area contributed by atoms with E-state index in [1.807, 2.05) is 48.6 Å². The van der Waals surface area contributed by atoms with Crippen molar-refractivity contribution in [2.45, 2.75) is 12.8 Å². The lowest BCUT2D eigenvalue weighted by Crippen LogP contribution is -2.48. The summed E-state index contributed by atoms with van der Waals surface area (Å²) in [7, 11) is 1.92. The van der Waals surface area contributed by atoms with Gasteiger partial charge >= 0.3 is 0 Å². The first-order valence-electron chi connectivity index (χ1n) is 7.98. The second-order valence-electron chi connectivity index (χ2n) is 5.94. The Labute approximate surface area is 136 Å². The number of carbonyl (C=O) groups is 1. The van der Waals surface area contributed by atoms with Gasteiger partial charge in [0.1, 0.15) is 0 Å². The van der Waals surface area contributed by atoms with Gasteiger partial charge in [-0.2, -0.15) is 5.10 Å². The number of anilines is 2. The summed E-state index contributed by atoms with van der Waals surface area (Å²) in [5.41, 5.74) is 8.87. The number of piperazine rings is 1. The highest BCUT2D eigenvalue weighted by Crippen LogP contribution is 2.17. The maximum atomic E-state index is 12.4. The Hall–Kier alpha value is -2.50. The van der Waals surface area contributed by atoms with Gasteiger partial charge in [0, 0.05) is 51.5 Å². The number of aryl methyl sites for hydroxylation is 2. The number of amides is 1. The number of nitrogens with zero attached hydrogens (tertiary/aromatic N) is 4. The fourth-order valence-electron chi connectivity index (χ4n) is 2.95. The molecule has 1 saturated heterocycles. The fourth-order valence-corrected chi connectivity index (χ4v) is 2.95. The number of nitrogens with two attached hydrogens (primary N) is 1. The van der Waals surface area contributed by atoms with E-state index >= 15 is 0 Å². The zero-order chi connectivity index (χ0) is 16.2. The van der Waals surface area contributed by atoms with Crippen LogP contribution in [-0.2, 0) is 18.3 Å². The van der Waals surface area contributed by atoms with E-state index in [1.54, 1.807) is 4.68 Å². The summed E-state index contributed by atoms with van der Waals surface area (Å²) in [5, 5.41) is 4.20. The summed E-state index contributed by atoms with van der Waals surface area (Å²) in [6.07, 6.45) is 5.10. The molecule has 0 aliphatic carbocycles. The highest BCUT2D eigenvalue weighted by atomic mass is 16.2. The first-order valence-corrected chi connectivity index (χ1v) is 7.98. The van der Waals surface area contributed by atoms with Crippen molar-refractivity contribution in [3.63, 3.8) is 0 Å². The van der Waals surface area contributed by atoms with Gasteiger partial charge in [0.2, 0.25) is 5.91 Å². The SMILES string of the molecule is Cn1cc(N2CCN(C(=O)CCc3ccccc3N)CC2)cn1. The summed E-state index contributed by atoms with van der Waals surface area (Å²) in [5.74, 6) is 0.207. The van der Waals surface area contributed by atoms with Crippen LogP contribution in [0.4, 0.5) is 11.4 Å². The molecule has 0 unspecified atom stereocenters. The Bertz CT molecular complexity index is 673. The molecule has 23 heavy (non-hydrogen) atoms. The molecule has 6 nitrogen and oxygen atoms in total. The molecule has 2 N–H and O–H groups in total. The predicted octanol–water partition coefficient (Wildman–Crippen LogP) is 1.28. The van der Waals surface area contributed by atoms with Crippen LogP contribution in [-0.4, -0.2) is 46.8 Å². The lowest BCUT2D eigenvalue weighted by atomic mass is 10.1. The van der Waals surface area contributed by atoms with E-state index in [4.69, 9.17) is 5.73 Å². The molecule has 3 rings (SSSR count). The fraction of sp³-hybridized carbons (Fsp3) is 0.412. The van der Waals surface area contributed by atoms with Crippen LogP contribution in [0, 0.1) is 0 Å². The Morgan fingerprint density at radius 2 is 1.96 bits per heavy atom. The molecule has 0 bridgehead atoms. The topological polar surface area (TPSA) is 67.4 Å². The summed E-state index contributed by atoms with van der Waals surface area (Å²) in [6, 6.07) is 7.75. The molecule has 0 atom stereocenters. The van der Waals surface area contributed by atoms with E-state index in [9.17, 15) is 4.79 Å². The lowest BCUT2D eigenvalue weighted by Gasteiger charge is -2.35. The zero-order valence-corrected chi connectivity index (χ0v) is 13.5. The molecular formula is C17H23N5O. The summed E-state index contributed by atoms with van der Waals surface area (Å²) in [4.78, 5) is 16.6. The Balaban J connectivity index is 1.49. The number of hydrogen-bond donors (Lipinski definition) is 1. The van der Waals surface area contributed by atoms with Crippen LogP contribution in [0.1, 0.15) is 12.0 Å².